The van der Waals surface area contributed by atoms with Crippen molar-refractivity contribution in [2.75, 3.05) is 6.61 Å². The standard InChI is InChI=1S/C15H16O3/c16-8-10-7-9-3-1-2-4-11(9)15(10)6-5-12(17)13-14(15)18-13/h1-4,10,13-14,16H,5-8H2/t10-,13-,14-,15-/m1/s1. The van der Waals surface area contributed by atoms with E-state index in [0.29, 0.717) is 6.42 Å². The van der Waals surface area contributed by atoms with Crippen LogP contribution in [0.1, 0.15) is 24.0 Å². The zero-order chi connectivity index (χ0) is 12.3. The summed E-state index contributed by atoms with van der Waals surface area (Å²) < 4.78 is 5.66. The third-order valence-electron chi connectivity index (χ3n) is 5.04. The molecule has 94 valence electrons. The Morgan fingerprint density at radius 2 is 2.22 bits per heavy atom. The third-order valence-corrected chi connectivity index (χ3v) is 5.04. The van der Waals surface area contributed by atoms with E-state index in [2.05, 4.69) is 12.1 Å². The summed E-state index contributed by atoms with van der Waals surface area (Å²) in [5.41, 5.74) is 2.52. The lowest BCUT2D eigenvalue weighted by Crippen LogP contribution is -2.44. The van der Waals surface area contributed by atoms with Gasteiger partial charge in [-0.15, -0.1) is 0 Å². The van der Waals surface area contributed by atoms with E-state index in [9.17, 15) is 9.90 Å². The summed E-state index contributed by atoms with van der Waals surface area (Å²) in [6.07, 6.45) is 2.15. The van der Waals surface area contributed by atoms with E-state index in [1.165, 1.54) is 11.1 Å². The molecule has 0 bridgehead atoms. The molecule has 1 heterocycles. The van der Waals surface area contributed by atoms with Crippen LogP contribution >= 0.6 is 0 Å². The van der Waals surface area contributed by atoms with Crippen LogP contribution in [0.4, 0.5) is 0 Å². The van der Waals surface area contributed by atoms with Crippen LogP contribution in [0.25, 0.3) is 0 Å². The van der Waals surface area contributed by atoms with Gasteiger partial charge in [-0.2, -0.15) is 0 Å². The number of aliphatic hydroxyl groups excluding tert-OH is 1. The van der Waals surface area contributed by atoms with Gasteiger partial charge in [0.15, 0.2) is 5.78 Å². The lowest BCUT2D eigenvalue weighted by molar-refractivity contribution is -0.121. The van der Waals surface area contributed by atoms with E-state index in [0.717, 1.165) is 12.8 Å². The number of benzene rings is 1. The quantitative estimate of drug-likeness (QED) is 0.756. The molecule has 1 spiro atoms. The predicted octanol–water partition coefficient (Wildman–Crippen LogP) is 1.22. The number of rotatable bonds is 1. The molecule has 3 nitrogen and oxygen atoms in total. The number of ether oxygens (including phenoxy) is 1. The molecule has 2 aliphatic carbocycles. The Hall–Kier alpha value is -1.19. The predicted molar refractivity (Wildman–Crippen MR) is 65.3 cm³/mol. The minimum Gasteiger partial charge on any atom is -0.396 e. The van der Waals surface area contributed by atoms with Gasteiger partial charge in [0.1, 0.15) is 12.2 Å². The number of hydrogen-bond donors (Lipinski definition) is 1. The Morgan fingerprint density at radius 3 is 3.06 bits per heavy atom. The van der Waals surface area contributed by atoms with E-state index in [4.69, 9.17) is 4.74 Å². The van der Waals surface area contributed by atoms with Crippen molar-refractivity contribution in [1.82, 2.24) is 0 Å². The lowest BCUT2D eigenvalue weighted by atomic mass is 9.65. The van der Waals surface area contributed by atoms with Crippen molar-refractivity contribution in [2.45, 2.75) is 36.9 Å². The van der Waals surface area contributed by atoms with Gasteiger partial charge in [0.2, 0.25) is 0 Å². The van der Waals surface area contributed by atoms with Crippen LogP contribution in [0, 0.1) is 5.92 Å². The van der Waals surface area contributed by atoms with Gasteiger partial charge in [0.05, 0.1) is 0 Å². The molecular weight excluding hydrogens is 228 g/mol. The van der Waals surface area contributed by atoms with Crippen LogP contribution in [0.2, 0.25) is 0 Å². The number of Topliss-reactive ketones (excluding diaryl/α,β-unsaturated/α-hetero) is 1. The molecule has 18 heavy (non-hydrogen) atoms. The first-order valence-corrected chi connectivity index (χ1v) is 6.65. The molecule has 1 saturated carbocycles. The van der Waals surface area contributed by atoms with E-state index < -0.39 is 0 Å². The summed E-state index contributed by atoms with van der Waals surface area (Å²) in [4.78, 5) is 11.7. The number of fused-ring (bicyclic) bond motifs is 4. The van der Waals surface area contributed by atoms with Gasteiger partial charge in [0, 0.05) is 18.4 Å². The highest BCUT2D eigenvalue weighted by Crippen LogP contribution is 2.57. The summed E-state index contributed by atoms with van der Waals surface area (Å²) in [6, 6.07) is 8.39. The minimum absolute atomic E-state index is 0.0135. The second kappa shape index (κ2) is 3.43. The van der Waals surface area contributed by atoms with E-state index in [1.54, 1.807) is 0 Å². The maximum Gasteiger partial charge on any atom is 0.164 e. The zero-order valence-electron chi connectivity index (χ0n) is 10.1. The highest BCUT2D eigenvalue weighted by Gasteiger charge is 2.65. The first-order chi connectivity index (χ1) is 8.77. The summed E-state index contributed by atoms with van der Waals surface area (Å²) >= 11 is 0. The number of ketones is 1. The Balaban J connectivity index is 1.85. The average Bonchev–Trinajstić information content (AvgIpc) is 3.15. The van der Waals surface area contributed by atoms with Gasteiger partial charge in [-0.25, -0.2) is 0 Å². The lowest BCUT2D eigenvalue weighted by Gasteiger charge is -2.36. The van der Waals surface area contributed by atoms with Gasteiger partial charge < -0.3 is 9.84 Å². The third kappa shape index (κ3) is 1.14. The summed E-state index contributed by atoms with van der Waals surface area (Å²) in [7, 11) is 0. The van der Waals surface area contributed by atoms with E-state index in [1.807, 2.05) is 12.1 Å². The number of hydrogen-bond acceptors (Lipinski definition) is 3. The van der Waals surface area contributed by atoms with Crippen molar-refractivity contribution in [1.29, 1.82) is 0 Å². The minimum atomic E-state index is -0.195. The maximum absolute atomic E-state index is 11.7. The topological polar surface area (TPSA) is 49.8 Å². The van der Waals surface area contributed by atoms with Crippen LogP contribution < -0.4 is 0 Å². The molecule has 1 aromatic rings. The highest BCUT2D eigenvalue weighted by atomic mass is 16.6. The molecule has 0 amide bonds. The Morgan fingerprint density at radius 1 is 1.39 bits per heavy atom. The molecule has 3 heteroatoms. The molecule has 1 aromatic carbocycles. The normalized spacial score (nSPS) is 40.7. The Bertz CT molecular complexity index is 524. The van der Waals surface area contributed by atoms with E-state index >= 15 is 0 Å². The summed E-state index contributed by atoms with van der Waals surface area (Å²) in [6.45, 7) is 0.176. The van der Waals surface area contributed by atoms with Crippen LogP contribution in [0.3, 0.4) is 0 Å². The molecule has 0 aromatic heterocycles. The van der Waals surface area contributed by atoms with Crippen molar-refractivity contribution >= 4 is 5.78 Å². The molecule has 3 aliphatic rings. The van der Waals surface area contributed by atoms with Crippen molar-refractivity contribution in [2.24, 2.45) is 5.92 Å². The molecule has 4 rings (SSSR count). The molecule has 1 saturated heterocycles. The van der Waals surface area contributed by atoms with Crippen molar-refractivity contribution in [3.05, 3.63) is 35.4 Å². The van der Waals surface area contributed by atoms with Crippen molar-refractivity contribution < 1.29 is 14.6 Å². The van der Waals surface area contributed by atoms with Crippen LogP contribution in [-0.4, -0.2) is 29.7 Å². The van der Waals surface area contributed by atoms with Crippen LogP contribution in [0.15, 0.2) is 24.3 Å². The number of epoxide rings is 1. The van der Waals surface area contributed by atoms with Crippen molar-refractivity contribution in [3.63, 3.8) is 0 Å². The van der Waals surface area contributed by atoms with Gasteiger partial charge in [0.25, 0.3) is 0 Å². The second-order valence-corrected chi connectivity index (χ2v) is 5.72. The fourth-order valence-corrected chi connectivity index (χ4v) is 4.14. The monoisotopic (exact) mass is 244 g/mol. The molecule has 0 radical (unpaired) electrons. The fraction of sp³-hybridized carbons (Fsp3) is 0.533. The average molecular weight is 244 g/mol. The zero-order valence-corrected chi connectivity index (χ0v) is 10.1. The fourth-order valence-electron chi connectivity index (χ4n) is 4.14. The molecular formula is C15H16O3. The first-order valence-electron chi connectivity index (χ1n) is 6.65. The van der Waals surface area contributed by atoms with Crippen LogP contribution in [0.5, 0.6) is 0 Å². The van der Waals surface area contributed by atoms with Crippen molar-refractivity contribution in [3.8, 4) is 0 Å². The highest BCUT2D eigenvalue weighted by molar-refractivity contribution is 5.88. The summed E-state index contributed by atoms with van der Waals surface area (Å²) in [5.74, 6) is 0.449. The largest absolute Gasteiger partial charge is 0.396 e. The van der Waals surface area contributed by atoms with Gasteiger partial charge in [-0.3, -0.25) is 4.79 Å². The SMILES string of the molecule is O=C1CC[C@@]2(c3ccccc3C[C@@H]2CO)[C@@H]2O[C@H]12. The Kier molecular flexibility index (Phi) is 2.04. The molecule has 1 aliphatic heterocycles. The number of carbonyl (C=O) groups excluding carboxylic acids is 1. The molecule has 2 fully saturated rings. The second-order valence-electron chi connectivity index (χ2n) is 5.72. The number of carbonyl (C=O) groups is 1. The van der Waals surface area contributed by atoms with Gasteiger partial charge >= 0.3 is 0 Å². The van der Waals surface area contributed by atoms with Crippen LogP contribution in [-0.2, 0) is 21.4 Å². The number of aliphatic hydroxyl groups is 1. The molecule has 0 unspecified atom stereocenters. The van der Waals surface area contributed by atoms with Gasteiger partial charge in [-0.1, -0.05) is 24.3 Å². The smallest absolute Gasteiger partial charge is 0.164 e. The van der Waals surface area contributed by atoms with E-state index in [-0.39, 0.29) is 35.9 Å². The van der Waals surface area contributed by atoms with Gasteiger partial charge in [-0.05, 0) is 29.9 Å². The first kappa shape index (κ1) is 10.7. The Labute approximate surface area is 106 Å². The molecule has 1 N–H and O–H groups in total. The molecule has 4 atom stereocenters. The summed E-state index contributed by atoms with van der Waals surface area (Å²) in [5, 5.41) is 9.72. The maximum atomic E-state index is 11.7.